The summed E-state index contributed by atoms with van der Waals surface area (Å²) in [7, 11) is 0. The Kier molecular flexibility index (Phi) is 6.01. The van der Waals surface area contributed by atoms with Crippen LogP contribution in [0.3, 0.4) is 0 Å². The highest BCUT2D eigenvalue weighted by Crippen LogP contribution is 2.52. The van der Waals surface area contributed by atoms with Crippen LogP contribution in [0.15, 0.2) is 174 Å². The molecule has 0 spiro atoms. The third-order valence-electron chi connectivity index (χ3n) is 11.3. The third kappa shape index (κ3) is 4.08. The maximum Gasteiger partial charge on any atom is 0.145 e. The zero-order valence-electron chi connectivity index (χ0n) is 29.0. The summed E-state index contributed by atoms with van der Waals surface area (Å²) in [5.74, 6) is 0. The van der Waals surface area contributed by atoms with Gasteiger partial charge in [-0.05, 0) is 99.8 Å². The van der Waals surface area contributed by atoms with E-state index < -0.39 is 0 Å². The van der Waals surface area contributed by atoms with Crippen molar-refractivity contribution in [2.24, 2.45) is 0 Å². The van der Waals surface area contributed by atoms with Gasteiger partial charge in [0.1, 0.15) is 11.2 Å². The van der Waals surface area contributed by atoms with E-state index in [0.29, 0.717) is 0 Å². The van der Waals surface area contributed by atoms with E-state index in [1.165, 1.54) is 65.9 Å². The fourth-order valence-corrected chi connectivity index (χ4v) is 8.76. The molecular weight excluding hydrogens is 633 g/mol. The molecule has 8 aromatic carbocycles. The highest BCUT2D eigenvalue weighted by Gasteiger charge is 2.37. The summed E-state index contributed by atoms with van der Waals surface area (Å²) in [6.07, 6.45) is 0. The predicted molar refractivity (Wildman–Crippen MR) is 218 cm³/mol. The number of para-hydroxylation sites is 3. The smallest absolute Gasteiger partial charge is 0.145 e. The van der Waals surface area contributed by atoms with Gasteiger partial charge >= 0.3 is 0 Å². The first-order valence-corrected chi connectivity index (χ1v) is 18.0. The molecule has 0 radical (unpaired) electrons. The van der Waals surface area contributed by atoms with E-state index in [4.69, 9.17) is 4.42 Å². The summed E-state index contributed by atoms with van der Waals surface area (Å²) >= 11 is 0. The van der Waals surface area contributed by atoms with E-state index in [2.05, 4.69) is 193 Å². The molecule has 3 heterocycles. The molecule has 0 saturated heterocycles. The highest BCUT2D eigenvalue weighted by molar-refractivity contribution is 6.25. The average molecular weight is 667 g/mol. The molecule has 0 N–H and O–H groups in total. The number of hydrogen-bond acceptors (Lipinski definition) is 2. The Morgan fingerprint density at radius 3 is 2.02 bits per heavy atom. The Morgan fingerprint density at radius 2 is 1.17 bits per heavy atom. The van der Waals surface area contributed by atoms with Crippen LogP contribution in [0.25, 0.3) is 71.3 Å². The van der Waals surface area contributed by atoms with Gasteiger partial charge < -0.3 is 13.9 Å². The molecule has 3 heteroatoms. The largest absolute Gasteiger partial charge is 0.455 e. The molecule has 10 aromatic rings. The first kappa shape index (κ1) is 29.2. The number of nitrogens with zero attached hydrogens (tertiary/aromatic N) is 2. The van der Waals surface area contributed by atoms with Gasteiger partial charge in [-0.2, -0.15) is 0 Å². The zero-order valence-corrected chi connectivity index (χ0v) is 29.0. The minimum absolute atomic E-state index is 0.289. The number of benzene rings is 8. The van der Waals surface area contributed by atoms with Crippen molar-refractivity contribution in [1.82, 2.24) is 4.57 Å². The molecule has 1 aliphatic rings. The van der Waals surface area contributed by atoms with E-state index in [1.807, 2.05) is 0 Å². The lowest BCUT2D eigenvalue weighted by atomic mass is 9.74. The summed E-state index contributed by atoms with van der Waals surface area (Å²) in [5, 5.41) is 7.25. The molecule has 2 aromatic heterocycles. The molecule has 52 heavy (non-hydrogen) atoms. The quantitative estimate of drug-likeness (QED) is 0.186. The van der Waals surface area contributed by atoms with Crippen molar-refractivity contribution >= 4 is 71.6 Å². The topological polar surface area (TPSA) is 21.3 Å². The van der Waals surface area contributed by atoms with Gasteiger partial charge in [0.25, 0.3) is 0 Å². The van der Waals surface area contributed by atoms with Crippen LogP contribution in [0.2, 0.25) is 0 Å². The van der Waals surface area contributed by atoms with Gasteiger partial charge in [-0.1, -0.05) is 117 Å². The standard InChI is InChI=1S/C49H34N2O/c1-49(2)41-29-37(50(35-14-4-3-5-15-35)36-24-22-32(23-25-36)34-21-20-31-12-6-7-13-33(31)28-34)26-27-44(41)51-43-18-10-8-17-39(43)46-47(51)42(49)30-40-38-16-9-11-19-45(38)52-48(40)46/h3-30H,1-2H3. The van der Waals surface area contributed by atoms with Gasteiger partial charge in [0, 0.05) is 38.6 Å². The molecule has 0 aliphatic carbocycles. The Balaban J connectivity index is 1.11. The molecule has 0 fully saturated rings. The summed E-state index contributed by atoms with van der Waals surface area (Å²) in [6, 6.07) is 61.6. The van der Waals surface area contributed by atoms with E-state index in [1.54, 1.807) is 0 Å². The van der Waals surface area contributed by atoms with Crippen LogP contribution in [0, 0.1) is 0 Å². The van der Waals surface area contributed by atoms with Crippen LogP contribution >= 0.6 is 0 Å². The van der Waals surface area contributed by atoms with Crippen LogP contribution in [0.5, 0.6) is 0 Å². The molecule has 0 amide bonds. The zero-order chi connectivity index (χ0) is 34.6. The molecule has 246 valence electrons. The monoisotopic (exact) mass is 666 g/mol. The third-order valence-corrected chi connectivity index (χ3v) is 11.3. The second kappa shape index (κ2) is 10.7. The second-order valence-electron chi connectivity index (χ2n) is 14.6. The van der Waals surface area contributed by atoms with Crippen LogP contribution in [-0.2, 0) is 5.41 Å². The van der Waals surface area contributed by atoms with Gasteiger partial charge in [0.05, 0.1) is 22.1 Å². The average Bonchev–Trinajstić information content (AvgIpc) is 3.74. The lowest BCUT2D eigenvalue weighted by Gasteiger charge is -2.36. The molecule has 0 saturated carbocycles. The fraction of sp³-hybridized carbons (Fsp3) is 0.0612. The minimum Gasteiger partial charge on any atom is -0.455 e. The van der Waals surface area contributed by atoms with Crippen LogP contribution in [-0.4, -0.2) is 4.57 Å². The van der Waals surface area contributed by atoms with E-state index in [9.17, 15) is 0 Å². The summed E-state index contributed by atoms with van der Waals surface area (Å²) in [6.45, 7) is 4.76. The minimum atomic E-state index is -0.289. The number of aromatic nitrogens is 1. The van der Waals surface area contributed by atoms with E-state index in [-0.39, 0.29) is 5.41 Å². The number of hydrogen-bond donors (Lipinski definition) is 0. The molecule has 1 aliphatic heterocycles. The highest BCUT2D eigenvalue weighted by atomic mass is 16.3. The van der Waals surface area contributed by atoms with Crippen LogP contribution in [0.1, 0.15) is 25.0 Å². The summed E-state index contributed by atoms with van der Waals surface area (Å²) in [4.78, 5) is 2.38. The number of furan rings is 1. The van der Waals surface area contributed by atoms with E-state index in [0.717, 1.165) is 33.6 Å². The number of rotatable bonds is 4. The first-order chi connectivity index (χ1) is 25.5. The normalized spacial score (nSPS) is 13.3. The van der Waals surface area contributed by atoms with Crippen molar-refractivity contribution in [2.45, 2.75) is 19.3 Å². The van der Waals surface area contributed by atoms with E-state index >= 15 is 0 Å². The van der Waals surface area contributed by atoms with Crippen LogP contribution in [0.4, 0.5) is 17.1 Å². The SMILES string of the molecule is CC1(C)c2cc(N(c3ccccc3)c3ccc(-c4ccc5ccccc5c4)cc3)ccc2-n2c3ccccc3c3c4oc5ccccc5c4cc1c32. The predicted octanol–water partition coefficient (Wildman–Crippen LogP) is 13.6. The van der Waals surface area contributed by atoms with Crippen molar-refractivity contribution in [3.05, 3.63) is 181 Å². The number of anilines is 3. The lowest BCUT2D eigenvalue weighted by Crippen LogP contribution is -2.27. The second-order valence-corrected chi connectivity index (χ2v) is 14.6. The fourth-order valence-electron chi connectivity index (χ4n) is 8.76. The van der Waals surface area contributed by atoms with Crippen molar-refractivity contribution in [3.63, 3.8) is 0 Å². The Bertz CT molecular complexity index is 3040. The van der Waals surface area contributed by atoms with Gasteiger partial charge in [0.15, 0.2) is 0 Å². The van der Waals surface area contributed by atoms with Crippen molar-refractivity contribution in [1.29, 1.82) is 0 Å². The Hall–Kier alpha value is -6.58. The molecule has 0 atom stereocenters. The molecule has 11 rings (SSSR count). The summed E-state index contributed by atoms with van der Waals surface area (Å²) in [5.41, 5.74) is 13.6. The van der Waals surface area contributed by atoms with Gasteiger partial charge in [-0.15, -0.1) is 0 Å². The number of fused-ring (bicyclic) bond motifs is 10. The van der Waals surface area contributed by atoms with Gasteiger partial charge in [0.2, 0.25) is 0 Å². The molecule has 0 unspecified atom stereocenters. The van der Waals surface area contributed by atoms with Crippen LogP contribution < -0.4 is 4.90 Å². The molecule has 3 nitrogen and oxygen atoms in total. The Morgan fingerprint density at radius 1 is 0.500 bits per heavy atom. The summed E-state index contributed by atoms with van der Waals surface area (Å²) < 4.78 is 9.13. The van der Waals surface area contributed by atoms with Crippen molar-refractivity contribution in [3.8, 4) is 16.8 Å². The molecule has 0 bridgehead atoms. The van der Waals surface area contributed by atoms with Crippen molar-refractivity contribution in [2.75, 3.05) is 4.90 Å². The lowest BCUT2D eigenvalue weighted by molar-refractivity contribution is 0.630. The van der Waals surface area contributed by atoms with Crippen molar-refractivity contribution < 1.29 is 4.42 Å². The first-order valence-electron chi connectivity index (χ1n) is 18.0. The maximum absolute atomic E-state index is 6.65. The maximum atomic E-state index is 6.65. The van der Waals surface area contributed by atoms with Gasteiger partial charge in [-0.3, -0.25) is 0 Å². The molecular formula is C49H34N2O. The Labute approximate surface area is 301 Å². The van der Waals surface area contributed by atoms with Gasteiger partial charge in [-0.25, -0.2) is 0 Å².